The van der Waals surface area contributed by atoms with E-state index in [0.29, 0.717) is 0 Å². The first-order valence-electron chi connectivity index (χ1n) is 10.8. The van der Waals surface area contributed by atoms with Gasteiger partial charge in [0.15, 0.2) is 11.6 Å². The summed E-state index contributed by atoms with van der Waals surface area (Å²) in [6.45, 7) is 0. The van der Waals surface area contributed by atoms with Gasteiger partial charge in [-0.15, -0.1) is 13.2 Å². The number of halogens is 13. The van der Waals surface area contributed by atoms with E-state index in [1.165, 1.54) is 18.3 Å². The number of anilines is 1. The number of amides is 1. The molecule has 226 valence electrons. The molecule has 0 unspecified atom stereocenters. The third-order valence-electron chi connectivity index (χ3n) is 5.45. The molecule has 0 saturated heterocycles. The Morgan fingerprint density at radius 3 is 2.05 bits per heavy atom. The van der Waals surface area contributed by atoms with Crippen molar-refractivity contribution in [3.8, 4) is 5.75 Å². The van der Waals surface area contributed by atoms with Crippen LogP contribution in [0.3, 0.4) is 0 Å². The van der Waals surface area contributed by atoms with Crippen LogP contribution in [0.4, 0.5) is 54.0 Å². The molecule has 0 aliphatic heterocycles. The summed E-state index contributed by atoms with van der Waals surface area (Å²) in [5.74, 6) is -5.54. The van der Waals surface area contributed by atoms with Gasteiger partial charge < -0.3 is 10.1 Å². The van der Waals surface area contributed by atoms with E-state index in [0.717, 1.165) is 18.2 Å². The Bertz CT molecular complexity index is 1510. The van der Waals surface area contributed by atoms with Gasteiger partial charge in [0.2, 0.25) is 0 Å². The SMILES string of the molecule is O=C(Nc1cccc(C(=O)Cc2c(Br)cc(C(F)(C(F)(F)F)C(F)(F)F)cc2OC(F)(F)F)c1F)c1cccnc1Cl. The van der Waals surface area contributed by atoms with Gasteiger partial charge in [0.1, 0.15) is 10.9 Å². The highest BCUT2D eigenvalue weighted by Gasteiger charge is 2.73. The van der Waals surface area contributed by atoms with E-state index in [1.807, 2.05) is 0 Å². The minimum atomic E-state index is -6.68. The van der Waals surface area contributed by atoms with Crippen molar-refractivity contribution in [2.75, 3.05) is 5.32 Å². The van der Waals surface area contributed by atoms with Crippen LogP contribution in [0.25, 0.3) is 0 Å². The first-order valence-corrected chi connectivity index (χ1v) is 12.0. The molecule has 1 aromatic heterocycles. The van der Waals surface area contributed by atoms with Gasteiger partial charge in [-0.3, -0.25) is 9.59 Å². The van der Waals surface area contributed by atoms with Crippen LogP contribution in [0.2, 0.25) is 5.15 Å². The Morgan fingerprint density at radius 2 is 1.50 bits per heavy atom. The van der Waals surface area contributed by atoms with Crippen LogP contribution >= 0.6 is 27.5 Å². The molecule has 3 aromatic rings. The zero-order valence-corrected chi connectivity index (χ0v) is 22.3. The molecule has 1 amide bonds. The van der Waals surface area contributed by atoms with Crippen molar-refractivity contribution in [2.45, 2.75) is 30.8 Å². The highest BCUT2D eigenvalue weighted by molar-refractivity contribution is 9.10. The second-order valence-corrected chi connectivity index (χ2v) is 9.41. The summed E-state index contributed by atoms with van der Waals surface area (Å²) in [6, 6.07) is 4.79. The van der Waals surface area contributed by atoms with Crippen molar-refractivity contribution in [1.29, 1.82) is 0 Å². The number of hydrogen-bond donors (Lipinski definition) is 1. The van der Waals surface area contributed by atoms with E-state index >= 15 is 4.39 Å². The Labute approximate surface area is 240 Å². The number of rotatable bonds is 7. The van der Waals surface area contributed by atoms with Gasteiger partial charge in [0.05, 0.1) is 16.8 Å². The molecule has 0 bridgehead atoms. The topological polar surface area (TPSA) is 68.3 Å². The fourth-order valence-electron chi connectivity index (χ4n) is 3.53. The highest BCUT2D eigenvalue weighted by Crippen LogP contribution is 2.54. The standard InChI is InChI=1S/C24H11BrClF11N2O3/c25-14-7-10(21(28,22(29,30)31)23(32,33)34)8-17(42-24(35,36)37)13(14)9-16(40)11-3-1-5-15(18(11)27)39-20(41)12-4-2-6-38-19(12)26/h1-8H,9H2,(H,39,41). The van der Waals surface area contributed by atoms with Crippen LogP contribution in [0, 0.1) is 5.82 Å². The predicted octanol–water partition coefficient (Wildman–Crippen LogP) is 8.50. The van der Waals surface area contributed by atoms with Gasteiger partial charge in [0.25, 0.3) is 5.91 Å². The Kier molecular flexibility index (Phi) is 9.17. The van der Waals surface area contributed by atoms with Gasteiger partial charge in [-0.2, -0.15) is 26.3 Å². The third kappa shape index (κ3) is 6.77. The van der Waals surface area contributed by atoms with Crippen molar-refractivity contribution in [3.63, 3.8) is 0 Å². The molecule has 0 fully saturated rings. The van der Waals surface area contributed by atoms with Gasteiger partial charge in [-0.1, -0.05) is 33.6 Å². The fourth-order valence-corrected chi connectivity index (χ4v) is 4.32. The molecule has 1 N–H and O–H groups in total. The van der Waals surface area contributed by atoms with E-state index < -0.39 is 87.0 Å². The average molecular weight is 700 g/mol. The van der Waals surface area contributed by atoms with Crippen LogP contribution < -0.4 is 10.1 Å². The van der Waals surface area contributed by atoms with Gasteiger partial charge in [-0.25, -0.2) is 13.8 Å². The first kappa shape index (κ1) is 33.0. The number of carbonyl (C=O) groups excluding carboxylic acids is 2. The summed E-state index contributed by atoms with van der Waals surface area (Å²) in [7, 11) is 0. The van der Waals surface area contributed by atoms with Crippen LogP contribution in [-0.2, 0) is 12.1 Å². The van der Waals surface area contributed by atoms with Crippen molar-refractivity contribution >= 4 is 44.9 Å². The van der Waals surface area contributed by atoms with Gasteiger partial charge in [-0.05, 0) is 36.4 Å². The minimum Gasteiger partial charge on any atom is -0.405 e. The maximum absolute atomic E-state index is 15.2. The normalized spacial score (nSPS) is 12.7. The van der Waals surface area contributed by atoms with Crippen molar-refractivity contribution in [3.05, 3.63) is 86.4 Å². The highest BCUT2D eigenvalue weighted by atomic mass is 79.9. The largest absolute Gasteiger partial charge is 0.573 e. The van der Waals surface area contributed by atoms with Crippen LogP contribution in [0.15, 0.2) is 53.1 Å². The Hall–Kier alpha value is -3.47. The summed E-state index contributed by atoms with van der Waals surface area (Å²) < 4.78 is 151. The summed E-state index contributed by atoms with van der Waals surface area (Å²) >= 11 is 8.26. The lowest BCUT2D eigenvalue weighted by Crippen LogP contribution is -2.50. The van der Waals surface area contributed by atoms with Crippen LogP contribution in [0.1, 0.15) is 31.8 Å². The van der Waals surface area contributed by atoms with E-state index in [1.54, 1.807) is 0 Å². The molecule has 3 rings (SSSR count). The molecule has 0 aliphatic carbocycles. The van der Waals surface area contributed by atoms with Gasteiger partial charge >= 0.3 is 24.4 Å². The molecule has 1 heterocycles. The number of Topliss-reactive ketones (excluding diaryl/α,β-unsaturated/α-hetero) is 1. The lowest BCUT2D eigenvalue weighted by molar-refractivity contribution is -0.348. The zero-order valence-electron chi connectivity index (χ0n) is 19.9. The number of carbonyl (C=O) groups is 2. The quantitative estimate of drug-likeness (QED) is 0.153. The molecule has 0 aliphatic rings. The third-order valence-corrected chi connectivity index (χ3v) is 6.46. The Morgan fingerprint density at radius 1 is 0.905 bits per heavy atom. The number of nitrogens with zero attached hydrogens (tertiary/aromatic N) is 1. The van der Waals surface area contributed by atoms with Crippen molar-refractivity contribution in [1.82, 2.24) is 4.98 Å². The summed E-state index contributed by atoms with van der Waals surface area (Å²) in [5, 5.41) is 1.84. The zero-order chi connectivity index (χ0) is 31.8. The van der Waals surface area contributed by atoms with Gasteiger partial charge in [0, 0.05) is 28.2 Å². The molecule has 18 heteroatoms. The number of hydrogen-bond acceptors (Lipinski definition) is 4. The smallest absolute Gasteiger partial charge is 0.405 e. The average Bonchev–Trinajstić information content (AvgIpc) is 2.84. The molecular formula is C24H11BrClF11N2O3. The molecule has 0 saturated carbocycles. The molecule has 0 atom stereocenters. The second kappa shape index (κ2) is 11.7. The molecule has 2 aromatic carbocycles. The molecule has 42 heavy (non-hydrogen) atoms. The number of nitrogens with one attached hydrogen (secondary N) is 1. The van der Waals surface area contributed by atoms with E-state index in [-0.39, 0.29) is 16.8 Å². The number of aromatic nitrogens is 1. The summed E-state index contributed by atoms with van der Waals surface area (Å²) in [5.41, 5.74) is -11.1. The maximum Gasteiger partial charge on any atom is 0.573 e. The predicted molar refractivity (Wildman–Crippen MR) is 127 cm³/mol. The first-order chi connectivity index (χ1) is 19.2. The number of pyridine rings is 1. The van der Waals surface area contributed by atoms with Crippen molar-refractivity contribution in [2.24, 2.45) is 0 Å². The molecular weight excluding hydrogens is 689 g/mol. The lowest BCUT2D eigenvalue weighted by atomic mass is 9.91. The number of benzene rings is 2. The monoisotopic (exact) mass is 698 g/mol. The molecule has 0 spiro atoms. The maximum atomic E-state index is 15.2. The number of ether oxygens (including phenoxy) is 1. The lowest BCUT2D eigenvalue weighted by Gasteiger charge is -2.31. The molecule has 0 radical (unpaired) electrons. The van der Waals surface area contributed by atoms with Crippen LogP contribution in [0.5, 0.6) is 5.75 Å². The molecule has 5 nitrogen and oxygen atoms in total. The summed E-state index contributed by atoms with van der Waals surface area (Å²) in [4.78, 5) is 29.0. The second-order valence-electron chi connectivity index (χ2n) is 8.20. The Balaban J connectivity index is 2.05. The minimum absolute atomic E-state index is 0.128. The van der Waals surface area contributed by atoms with Crippen molar-refractivity contribution < 1.29 is 62.6 Å². The van der Waals surface area contributed by atoms with E-state index in [4.69, 9.17) is 11.6 Å². The van der Waals surface area contributed by atoms with E-state index in [2.05, 4.69) is 31.0 Å². The van der Waals surface area contributed by atoms with Crippen LogP contribution in [-0.4, -0.2) is 35.4 Å². The summed E-state index contributed by atoms with van der Waals surface area (Å²) in [6.07, 6.45) is -19.1. The number of alkyl halides is 10. The van der Waals surface area contributed by atoms with E-state index in [9.17, 15) is 53.5 Å². The fraction of sp³-hybridized carbons (Fsp3) is 0.208. The number of ketones is 1.